The highest BCUT2D eigenvalue weighted by atomic mass is 35.5. The number of nitrogens with zero attached hydrogens (tertiary/aromatic N) is 1. The Morgan fingerprint density at radius 1 is 1.07 bits per heavy atom. The number of carbonyl (C=O) groups excluding carboxylic acids is 2. The first-order chi connectivity index (χ1) is 13.4. The van der Waals surface area contributed by atoms with Gasteiger partial charge in [0.05, 0.1) is 16.5 Å². The van der Waals surface area contributed by atoms with Crippen molar-refractivity contribution in [2.75, 3.05) is 6.54 Å². The molecule has 150 valence electrons. The predicted octanol–water partition coefficient (Wildman–Crippen LogP) is 4.79. The van der Waals surface area contributed by atoms with E-state index in [0.29, 0.717) is 29.6 Å². The Kier molecular flexibility index (Phi) is 8.34. The first-order valence-corrected chi connectivity index (χ1v) is 10.2. The molecule has 0 saturated heterocycles. The smallest absolute Gasteiger partial charge is 0.242 e. The topological polar surface area (TPSA) is 49.4 Å². The molecular formula is C22H26Cl2N2O2. The summed E-state index contributed by atoms with van der Waals surface area (Å²) in [5, 5.41) is 3.70. The summed E-state index contributed by atoms with van der Waals surface area (Å²) in [6, 6.07) is 12.5. The quantitative estimate of drug-likeness (QED) is 0.667. The molecule has 1 atom stereocenters. The number of rotatable bonds is 8. The zero-order valence-electron chi connectivity index (χ0n) is 16.5. The maximum atomic E-state index is 13.2. The zero-order chi connectivity index (χ0) is 20.7. The number of carbonyl (C=O) groups is 2. The molecule has 0 fully saturated rings. The van der Waals surface area contributed by atoms with Gasteiger partial charge in [-0.3, -0.25) is 9.59 Å². The van der Waals surface area contributed by atoms with Crippen molar-refractivity contribution in [2.24, 2.45) is 0 Å². The lowest BCUT2D eigenvalue weighted by Gasteiger charge is -2.31. The molecule has 0 spiro atoms. The third-order valence-electron chi connectivity index (χ3n) is 4.68. The summed E-state index contributed by atoms with van der Waals surface area (Å²) in [5.74, 6) is -0.263. The number of aryl methyl sites for hydroxylation is 1. The molecular weight excluding hydrogens is 395 g/mol. The number of hydrogen-bond donors (Lipinski definition) is 1. The van der Waals surface area contributed by atoms with E-state index in [1.165, 1.54) is 0 Å². The molecule has 0 radical (unpaired) electrons. The summed E-state index contributed by atoms with van der Waals surface area (Å²) >= 11 is 12.1. The molecule has 1 unspecified atom stereocenters. The lowest BCUT2D eigenvalue weighted by atomic mass is 10.0. The van der Waals surface area contributed by atoms with E-state index in [2.05, 4.69) is 5.32 Å². The minimum Gasteiger partial charge on any atom is -0.355 e. The van der Waals surface area contributed by atoms with E-state index in [0.717, 1.165) is 16.7 Å². The largest absolute Gasteiger partial charge is 0.355 e. The van der Waals surface area contributed by atoms with Gasteiger partial charge in [-0.2, -0.15) is 0 Å². The second-order valence-corrected chi connectivity index (χ2v) is 7.51. The summed E-state index contributed by atoms with van der Waals surface area (Å²) in [7, 11) is 0. The highest BCUT2D eigenvalue weighted by Crippen LogP contribution is 2.24. The minimum absolute atomic E-state index is 0.125. The van der Waals surface area contributed by atoms with Crippen molar-refractivity contribution in [3.05, 3.63) is 69.2 Å². The Hall–Kier alpha value is -2.04. The van der Waals surface area contributed by atoms with Crippen LogP contribution < -0.4 is 5.32 Å². The van der Waals surface area contributed by atoms with E-state index >= 15 is 0 Å². The number of hydrogen-bond acceptors (Lipinski definition) is 2. The Bertz CT molecular complexity index is 839. The Morgan fingerprint density at radius 3 is 2.39 bits per heavy atom. The predicted molar refractivity (Wildman–Crippen MR) is 115 cm³/mol. The molecule has 0 aromatic heterocycles. The third kappa shape index (κ3) is 5.73. The molecule has 2 aromatic rings. The Labute approximate surface area is 176 Å². The van der Waals surface area contributed by atoms with Crippen LogP contribution in [0, 0.1) is 6.92 Å². The molecule has 0 bridgehead atoms. The van der Waals surface area contributed by atoms with Crippen LogP contribution in [0.1, 0.15) is 37.0 Å². The maximum absolute atomic E-state index is 13.2. The molecule has 1 N–H and O–H groups in total. The highest BCUT2D eigenvalue weighted by molar-refractivity contribution is 6.42. The summed E-state index contributed by atoms with van der Waals surface area (Å²) < 4.78 is 0. The number of amides is 2. The summed E-state index contributed by atoms with van der Waals surface area (Å²) in [5.41, 5.74) is 2.87. The van der Waals surface area contributed by atoms with Crippen molar-refractivity contribution >= 4 is 35.0 Å². The van der Waals surface area contributed by atoms with Gasteiger partial charge in [0.1, 0.15) is 6.04 Å². The van der Waals surface area contributed by atoms with Gasteiger partial charge >= 0.3 is 0 Å². The first-order valence-electron chi connectivity index (χ1n) is 9.42. The molecule has 0 aliphatic rings. The lowest BCUT2D eigenvalue weighted by Crippen LogP contribution is -2.49. The highest BCUT2D eigenvalue weighted by Gasteiger charge is 2.28. The maximum Gasteiger partial charge on any atom is 0.242 e. The van der Waals surface area contributed by atoms with Crippen molar-refractivity contribution in [3.8, 4) is 0 Å². The standard InChI is InChI=1S/C22H26Cl2N2O2/c1-4-20(22(28)25-5-2)26(14-17-9-7-6-8-15(17)3)21(27)13-16-10-11-18(23)19(24)12-16/h6-12,20H,4-5,13-14H2,1-3H3,(H,25,28). The number of nitrogens with one attached hydrogen (secondary N) is 1. The molecule has 4 nitrogen and oxygen atoms in total. The number of benzene rings is 2. The van der Waals surface area contributed by atoms with Crippen LogP contribution in [-0.4, -0.2) is 29.3 Å². The Morgan fingerprint density at radius 2 is 1.79 bits per heavy atom. The van der Waals surface area contributed by atoms with Crippen LogP contribution in [0.25, 0.3) is 0 Å². The van der Waals surface area contributed by atoms with Crippen molar-refractivity contribution in [1.29, 1.82) is 0 Å². The van der Waals surface area contributed by atoms with Crippen LogP contribution in [0.5, 0.6) is 0 Å². The van der Waals surface area contributed by atoms with E-state index in [9.17, 15) is 9.59 Å². The Balaban J connectivity index is 2.32. The molecule has 0 aliphatic heterocycles. The van der Waals surface area contributed by atoms with Crippen LogP contribution in [0.15, 0.2) is 42.5 Å². The van der Waals surface area contributed by atoms with E-state index in [1.54, 1.807) is 23.1 Å². The van der Waals surface area contributed by atoms with Gasteiger partial charge in [0.2, 0.25) is 11.8 Å². The monoisotopic (exact) mass is 420 g/mol. The fourth-order valence-corrected chi connectivity index (χ4v) is 3.43. The molecule has 28 heavy (non-hydrogen) atoms. The van der Waals surface area contributed by atoms with Gasteiger partial charge in [-0.15, -0.1) is 0 Å². The summed E-state index contributed by atoms with van der Waals surface area (Å²) in [6.07, 6.45) is 0.684. The van der Waals surface area contributed by atoms with E-state index < -0.39 is 6.04 Å². The van der Waals surface area contributed by atoms with Crippen LogP contribution in [0.2, 0.25) is 10.0 Å². The van der Waals surface area contributed by atoms with Crippen LogP contribution in [-0.2, 0) is 22.6 Å². The van der Waals surface area contributed by atoms with E-state index in [-0.39, 0.29) is 18.2 Å². The van der Waals surface area contributed by atoms with Gasteiger partial charge in [-0.05, 0) is 49.1 Å². The van der Waals surface area contributed by atoms with Crippen LogP contribution >= 0.6 is 23.2 Å². The second-order valence-electron chi connectivity index (χ2n) is 6.69. The number of likely N-dealkylation sites (N-methyl/N-ethyl adjacent to an activating group) is 1. The van der Waals surface area contributed by atoms with Crippen molar-refractivity contribution in [3.63, 3.8) is 0 Å². The lowest BCUT2D eigenvalue weighted by molar-refractivity contribution is -0.140. The van der Waals surface area contributed by atoms with Crippen LogP contribution in [0.3, 0.4) is 0 Å². The molecule has 2 amide bonds. The fraction of sp³-hybridized carbons (Fsp3) is 0.364. The van der Waals surface area contributed by atoms with Gasteiger partial charge in [-0.1, -0.05) is 60.5 Å². The SMILES string of the molecule is CCNC(=O)C(CC)N(Cc1ccccc1C)C(=O)Cc1ccc(Cl)c(Cl)c1. The minimum atomic E-state index is -0.533. The molecule has 0 heterocycles. The molecule has 6 heteroatoms. The van der Waals surface area contributed by atoms with Crippen molar-refractivity contribution in [2.45, 2.75) is 46.2 Å². The summed E-state index contributed by atoms with van der Waals surface area (Å²) in [6.45, 7) is 6.69. The molecule has 2 rings (SSSR count). The molecule has 2 aromatic carbocycles. The molecule has 0 aliphatic carbocycles. The van der Waals surface area contributed by atoms with Crippen molar-refractivity contribution < 1.29 is 9.59 Å². The van der Waals surface area contributed by atoms with Gasteiger partial charge in [0, 0.05) is 13.1 Å². The number of halogens is 2. The molecule has 0 saturated carbocycles. The third-order valence-corrected chi connectivity index (χ3v) is 5.42. The fourth-order valence-electron chi connectivity index (χ4n) is 3.11. The van der Waals surface area contributed by atoms with E-state index in [1.807, 2.05) is 45.0 Å². The van der Waals surface area contributed by atoms with Gasteiger partial charge in [0.15, 0.2) is 0 Å². The second kappa shape index (κ2) is 10.5. The average molecular weight is 421 g/mol. The van der Waals surface area contributed by atoms with Gasteiger partial charge in [-0.25, -0.2) is 0 Å². The van der Waals surface area contributed by atoms with Crippen molar-refractivity contribution in [1.82, 2.24) is 10.2 Å². The average Bonchev–Trinajstić information content (AvgIpc) is 2.66. The normalized spacial score (nSPS) is 11.8. The van der Waals surface area contributed by atoms with Gasteiger partial charge in [0.25, 0.3) is 0 Å². The van der Waals surface area contributed by atoms with Gasteiger partial charge < -0.3 is 10.2 Å². The summed E-state index contributed by atoms with van der Waals surface area (Å²) in [4.78, 5) is 27.5. The zero-order valence-corrected chi connectivity index (χ0v) is 18.0. The van der Waals surface area contributed by atoms with E-state index in [4.69, 9.17) is 23.2 Å². The van der Waals surface area contributed by atoms with Crippen LogP contribution in [0.4, 0.5) is 0 Å². The first kappa shape index (κ1) is 22.3.